The maximum atomic E-state index is 12.2. The van der Waals surface area contributed by atoms with E-state index in [0.29, 0.717) is 11.3 Å². The Hall–Kier alpha value is -1.23. The second-order valence-electron chi connectivity index (χ2n) is 3.71. The van der Waals surface area contributed by atoms with Gasteiger partial charge in [0.15, 0.2) is 0 Å². The lowest BCUT2D eigenvalue weighted by Gasteiger charge is -2.24. The van der Waals surface area contributed by atoms with E-state index in [9.17, 15) is 18.3 Å². The van der Waals surface area contributed by atoms with Crippen molar-refractivity contribution in [3.05, 3.63) is 29.8 Å². The van der Waals surface area contributed by atoms with Crippen molar-refractivity contribution in [2.45, 2.75) is 19.2 Å². The molecule has 0 saturated carbocycles. The lowest BCUT2D eigenvalue weighted by molar-refractivity contribution is -0.119. The lowest BCUT2D eigenvalue weighted by Crippen LogP contribution is -2.31. The van der Waals surface area contributed by atoms with E-state index in [4.69, 9.17) is 0 Å². The molecular formula is C11H14F3NO. The van der Waals surface area contributed by atoms with Gasteiger partial charge in [-0.05, 0) is 13.0 Å². The van der Waals surface area contributed by atoms with E-state index in [1.165, 1.54) is 14.0 Å². The van der Waals surface area contributed by atoms with E-state index in [1.54, 1.807) is 24.3 Å². The standard InChI is InChI=1S/C11H14F3NO/c1-8(16)9-5-3-4-6-10(9)15(2)7-11(12,13)14/h3-6,8,16H,7H2,1-2H3/t8-/m1/s1. The van der Waals surface area contributed by atoms with Crippen molar-refractivity contribution in [1.29, 1.82) is 0 Å². The molecule has 0 saturated heterocycles. The summed E-state index contributed by atoms with van der Waals surface area (Å²) in [6.07, 6.45) is -5.03. The monoisotopic (exact) mass is 233 g/mol. The van der Waals surface area contributed by atoms with Crippen molar-refractivity contribution in [3.8, 4) is 0 Å². The normalized spacial score (nSPS) is 13.6. The zero-order valence-corrected chi connectivity index (χ0v) is 9.12. The molecule has 0 spiro atoms. The Morgan fingerprint density at radius 3 is 2.38 bits per heavy atom. The lowest BCUT2D eigenvalue weighted by atomic mass is 10.1. The number of hydrogen-bond acceptors (Lipinski definition) is 2. The summed E-state index contributed by atoms with van der Waals surface area (Å²) in [4.78, 5) is 1.09. The molecule has 1 atom stereocenters. The van der Waals surface area contributed by atoms with E-state index in [0.717, 1.165) is 4.90 Å². The Bertz CT molecular complexity index is 349. The van der Waals surface area contributed by atoms with E-state index < -0.39 is 18.8 Å². The van der Waals surface area contributed by atoms with Gasteiger partial charge in [0.2, 0.25) is 0 Å². The van der Waals surface area contributed by atoms with Crippen LogP contribution >= 0.6 is 0 Å². The molecule has 0 radical (unpaired) electrons. The molecule has 90 valence electrons. The minimum Gasteiger partial charge on any atom is -0.389 e. The number of nitrogens with zero attached hydrogens (tertiary/aromatic N) is 1. The summed E-state index contributed by atoms with van der Waals surface area (Å²) < 4.78 is 36.7. The number of benzene rings is 1. The molecule has 0 unspecified atom stereocenters. The fourth-order valence-electron chi connectivity index (χ4n) is 1.54. The van der Waals surface area contributed by atoms with Gasteiger partial charge >= 0.3 is 6.18 Å². The molecule has 16 heavy (non-hydrogen) atoms. The van der Waals surface area contributed by atoms with Gasteiger partial charge in [-0.15, -0.1) is 0 Å². The first kappa shape index (κ1) is 12.8. The molecule has 0 bridgehead atoms. The van der Waals surface area contributed by atoms with Crippen molar-refractivity contribution in [3.63, 3.8) is 0 Å². The maximum Gasteiger partial charge on any atom is 0.405 e. The zero-order chi connectivity index (χ0) is 12.3. The maximum absolute atomic E-state index is 12.2. The molecule has 2 nitrogen and oxygen atoms in total. The molecule has 0 aromatic heterocycles. The number of alkyl halides is 3. The van der Waals surface area contributed by atoms with Crippen LogP contribution in [0.1, 0.15) is 18.6 Å². The van der Waals surface area contributed by atoms with Gasteiger partial charge in [-0.3, -0.25) is 0 Å². The summed E-state index contributed by atoms with van der Waals surface area (Å²) in [5.74, 6) is 0. The van der Waals surface area contributed by atoms with Crippen LogP contribution in [-0.4, -0.2) is 24.9 Å². The van der Waals surface area contributed by atoms with Crippen molar-refractivity contribution in [2.75, 3.05) is 18.5 Å². The largest absolute Gasteiger partial charge is 0.405 e. The van der Waals surface area contributed by atoms with Crippen LogP contribution in [0.5, 0.6) is 0 Å². The van der Waals surface area contributed by atoms with Crippen LogP contribution in [0.4, 0.5) is 18.9 Å². The minimum absolute atomic E-state index is 0.398. The second-order valence-corrected chi connectivity index (χ2v) is 3.71. The topological polar surface area (TPSA) is 23.5 Å². The van der Waals surface area contributed by atoms with E-state index in [-0.39, 0.29) is 0 Å². The van der Waals surface area contributed by atoms with Gasteiger partial charge in [0.25, 0.3) is 0 Å². The Kier molecular flexibility index (Phi) is 3.80. The zero-order valence-electron chi connectivity index (χ0n) is 9.12. The van der Waals surface area contributed by atoms with Gasteiger partial charge in [0, 0.05) is 18.3 Å². The molecule has 0 amide bonds. The highest BCUT2D eigenvalue weighted by molar-refractivity contribution is 5.54. The van der Waals surface area contributed by atoms with E-state index in [2.05, 4.69) is 0 Å². The number of aliphatic hydroxyl groups is 1. The Labute approximate surface area is 92.3 Å². The van der Waals surface area contributed by atoms with Gasteiger partial charge in [0.05, 0.1) is 6.10 Å². The number of rotatable bonds is 3. The number of aliphatic hydroxyl groups excluding tert-OH is 1. The van der Waals surface area contributed by atoms with Crippen molar-refractivity contribution >= 4 is 5.69 Å². The highest BCUT2D eigenvalue weighted by atomic mass is 19.4. The highest BCUT2D eigenvalue weighted by Gasteiger charge is 2.30. The molecule has 5 heteroatoms. The van der Waals surface area contributed by atoms with Crippen LogP contribution in [0.2, 0.25) is 0 Å². The van der Waals surface area contributed by atoms with Crippen molar-refractivity contribution < 1.29 is 18.3 Å². The van der Waals surface area contributed by atoms with Gasteiger partial charge in [-0.2, -0.15) is 13.2 Å². The third-order valence-electron chi connectivity index (χ3n) is 2.21. The summed E-state index contributed by atoms with van der Waals surface area (Å²) in [6, 6.07) is 6.52. The first-order valence-electron chi connectivity index (χ1n) is 4.86. The van der Waals surface area contributed by atoms with Crippen LogP contribution in [0.3, 0.4) is 0 Å². The average Bonchev–Trinajstić information content (AvgIpc) is 2.15. The number of para-hydroxylation sites is 1. The number of hydrogen-bond donors (Lipinski definition) is 1. The van der Waals surface area contributed by atoms with Gasteiger partial charge in [-0.25, -0.2) is 0 Å². The summed E-state index contributed by atoms with van der Waals surface area (Å²) in [7, 11) is 1.36. The predicted molar refractivity (Wildman–Crippen MR) is 56.4 cm³/mol. The molecule has 1 rings (SSSR count). The third kappa shape index (κ3) is 3.41. The molecule has 1 aromatic rings. The quantitative estimate of drug-likeness (QED) is 0.867. The molecule has 0 fully saturated rings. The van der Waals surface area contributed by atoms with Gasteiger partial charge in [0.1, 0.15) is 6.54 Å². The van der Waals surface area contributed by atoms with Crippen LogP contribution in [-0.2, 0) is 0 Å². The van der Waals surface area contributed by atoms with Crippen molar-refractivity contribution in [2.24, 2.45) is 0 Å². The van der Waals surface area contributed by atoms with Crippen LogP contribution in [0.25, 0.3) is 0 Å². The fraction of sp³-hybridized carbons (Fsp3) is 0.455. The Morgan fingerprint density at radius 1 is 1.31 bits per heavy atom. The summed E-state index contributed by atoms with van der Waals surface area (Å²) in [5, 5.41) is 9.44. The summed E-state index contributed by atoms with van der Waals surface area (Å²) >= 11 is 0. The molecule has 1 aromatic carbocycles. The third-order valence-corrected chi connectivity index (χ3v) is 2.21. The fourth-order valence-corrected chi connectivity index (χ4v) is 1.54. The molecule has 0 aliphatic rings. The summed E-state index contributed by atoms with van der Waals surface area (Å²) in [6.45, 7) is 0.497. The first-order valence-corrected chi connectivity index (χ1v) is 4.86. The van der Waals surface area contributed by atoms with Crippen LogP contribution in [0.15, 0.2) is 24.3 Å². The average molecular weight is 233 g/mol. The van der Waals surface area contributed by atoms with E-state index in [1.807, 2.05) is 0 Å². The first-order chi connectivity index (χ1) is 7.31. The minimum atomic E-state index is -4.25. The number of halogens is 3. The number of anilines is 1. The molecule has 0 aliphatic carbocycles. The summed E-state index contributed by atoms with van der Waals surface area (Å²) in [5.41, 5.74) is 0.893. The molecule has 1 N–H and O–H groups in total. The second kappa shape index (κ2) is 4.74. The van der Waals surface area contributed by atoms with Crippen LogP contribution < -0.4 is 4.90 Å². The SMILES string of the molecule is C[C@@H](O)c1ccccc1N(C)CC(F)(F)F. The highest BCUT2D eigenvalue weighted by Crippen LogP contribution is 2.27. The Balaban J connectivity index is 2.95. The van der Waals surface area contributed by atoms with Gasteiger partial charge in [-0.1, -0.05) is 18.2 Å². The van der Waals surface area contributed by atoms with Gasteiger partial charge < -0.3 is 10.0 Å². The smallest absolute Gasteiger partial charge is 0.389 e. The molecule has 0 aliphatic heterocycles. The van der Waals surface area contributed by atoms with Crippen molar-refractivity contribution in [1.82, 2.24) is 0 Å². The molecule has 0 heterocycles. The Morgan fingerprint density at radius 2 is 1.88 bits per heavy atom. The van der Waals surface area contributed by atoms with Crippen LogP contribution in [0, 0.1) is 0 Å². The predicted octanol–water partition coefficient (Wildman–Crippen LogP) is 2.74. The van der Waals surface area contributed by atoms with E-state index >= 15 is 0 Å². The molecular weight excluding hydrogens is 219 g/mol.